The summed E-state index contributed by atoms with van der Waals surface area (Å²) in [6.07, 6.45) is 1.23. The van der Waals surface area contributed by atoms with E-state index in [1.807, 2.05) is 4.90 Å². The molecule has 2 saturated heterocycles. The van der Waals surface area contributed by atoms with Crippen LogP contribution in [0.15, 0.2) is 48.5 Å². The van der Waals surface area contributed by atoms with Gasteiger partial charge in [0.25, 0.3) is 0 Å². The standard InChI is InChI=1S/C27H36FN3O4/c1-21-5-3-7-24(15-21)30-11-9-26(33,10-12-30)17-29-13-14-31(22(2)32)19-27(34,18-29)20-35-25-8-4-6-23(28)16-25/h3-8,15-16,33-34H,9-14,17-20H2,1-2H3. The minimum atomic E-state index is -1.35. The second kappa shape index (κ2) is 10.5. The highest BCUT2D eigenvalue weighted by molar-refractivity contribution is 5.73. The van der Waals surface area contributed by atoms with Crippen molar-refractivity contribution >= 4 is 11.6 Å². The number of benzene rings is 2. The lowest BCUT2D eigenvalue weighted by Crippen LogP contribution is -2.55. The van der Waals surface area contributed by atoms with Crippen LogP contribution in [0, 0.1) is 12.7 Å². The van der Waals surface area contributed by atoms with Crippen LogP contribution < -0.4 is 9.64 Å². The SMILES string of the molecule is CC(=O)N1CCN(CC2(O)CCN(c3cccc(C)c3)CC2)CC(O)(COc2cccc(F)c2)C1. The summed E-state index contributed by atoms with van der Waals surface area (Å²) in [5.41, 5.74) is 0.147. The molecule has 2 aliphatic heterocycles. The van der Waals surface area contributed by atoms with Crippen LogP contribution in [0.3, 0.4) is 0 Å². The number of amides is 1. The van der Waals surface area contributed by atoms with Crippen LogP contribution in [0.2, 0.25) is 0 Å². The molecule has 1 amide bonds. The lowest BCUT2D eigenvalue weighted by molar-refractivity contribution is -0.132. The van der Waals surface area contributed by atoms with Crippen LogP contribution in [-0.4, -0.2) is 89.5 Å². The van der Waals surface area contributed by atoms with Crippen molar-refractivity contribution in [3.05, 3.63) is 59.9 Å². The largest absolute Gasteiger partial charge is 0.490 e. The number of piperidine rings is 1. The molecule has 0 radical (unpaired) electrons. The Balaban J connectivity index is 1.41. The Labute approximate surface area is 206 Å². The molecule has 1 atom stereocenters. The number of hydrogen-bond acceptors (Lipinski definition) is 6. The summed E-state index contributed by atoms with van der Waals surface area (Å²) in [5, 5.41) is 22.9. The van der Waals surface area contributed by atoms with E-state index in [0.29, 0.717) is 38.2 Å². The molecular formula is C27H36FN3O4. The fourth-order valence-corrected chi connectivity index (χ4v) is 5.09. The first-order valence-corrected chi connectivity index (χ1v) is 12.3. The smallest absolute Gasteiger partial charge is 0.219 e. The van der Waals surface area contributed by atoms with Crippen LogP contribution in [0.1, 0.15) is 25.3 Å². The number of nitrogens with zero attached hydrogens (tertiary/aromatic N) is 3. The molecule has 7 nitrogen and oxygen atoms in total. The highest BCUT2D eigenvalue weighted by Crippen LogP contribution is 2.29. The van der Waals surface area contributed by atoms with Gasteiger partial charge in [-0.25, -0.2) is 4.39 Å². The average Bonchev–Trinajstić information content (AvgIpc) is 2.97. The zero-order valence-corrected chi connectivity index (χ0v) is 20.6. The van der Waals surface area contributed by atoms with Gasteiger partial charge >= 0.3 is 0 Å². The molecule has 2 fully saturated rings. The summed E-state index contributed by atoms with van der Waals surface area (Å²) in [6.45, 7) is 6.75. The first-order chi connectivity index (χ1) is 16.6. The second-order valence-electron chi connectivity index (χ2n) is 10.2. The maximum absolute atomic E-state index is 13.5. The van der Waals surface area contributed by atoms with Gasteiger partial charge < -0.3 is 24.7 Å². The monoisotopic (exact) mass is 485 g/mol. The second-order valence-corrected chi connectivity index (χ2v) is 10.2. The Hall–Kier alpha value is -2.68. The van der Waals surface area contributed by atoms with Gasteiger partial charge in [-0.3, -0.25) is 9.69 Å². The maximum Gasteiger partial charge on any atom is 0.219 e. The van der Waals surface area contributed by atoms with E-state index in [-0.39, 0.29) is 25.6 Å². The van der Waals surface area contributed by atoms with E-state index in [1.165, 1.54) is 30.3 Å². The van der Waals surface area contributed by atoms with Gasteiger partial charge in [-0.2, -0.15) is 0 Å². The molecular weight excluding hydrogens is 449 g/mol. The van der Waals surface area contributed by atoms with Crippen molar-refractivity contribution < 1.29 is 24.1 Å². The van der Waals surface area contributed by atoms with Crippen LogP contribution >= 0.6 is 0 Å². The minimum Gasteiger partial charge on any atom is -0.490 e. The number of aliphatic hydroxyl groups is 2. The molecule has 2 heterocycles. The molecule has 0 saturated carbocycles. The minimum absolute atomic E-state index is 0.0870. The zero-order chi connectivity index (χ0) is 25.1. The third-order valence-electron chi connectivity index (χ3n) is 7.02. The maximum atomic E-state index is 13.5. The molecule has 35 heavy (non-hydrogen) atoms. The number of β-amino-alcohol motifs (C(OH)–C–C–N with tert-alkyl or cyclic N) is 2. The number of halogens is 1. The highest BCUT2D eigenvalue weighted by atomic mass is 19.1. The lowest BCUT2D eigenvalue weighted by Gasteiger charge is -2.42. The quantitative estimate of drug-likeness (QED) is 0.655. The van der Waals surface area contributed by atoms with Crippen molar-refractivity contribution in [2.45, 2.75) is 37.9 Å². The predicted octanol–water partition coefficient (Wildman–Crippen LogP) is 2.44. The van der Waals surface area contributed by atoms with E-state index >= 15 is 0 Å². The number of hydrogen-bond donors (Lipinski definition) is 2. The summed E-state index contributed by atoms with van der Waals surface area (Å²) < 4.78 is 19.3. The van der Waals surface area contributed by atoms with Gasteiger partial charge in [-0.1, -0.05) is 18.2 Å². The molecule has 1 unspecified atom stereocenters. The van der Waals surface area contributed by atoms with Crippen molar-refractivity contribution in [3.63, 3.8) is 0 Å². The first-order valence-electron chi connectivity index (χ1n) is 12.3. The predicted molar refractivity (Wildman–Crippen MR) is 133 cm³/mol. The first kappa shape index (κ1) is 25.4. The molecule has 0 aromatic heterocycles. The fraction of sp³-hybridized carbons (Fsp3) is 0.519. The van der Waals surface area contributed by atoms with E-state index in [4.69, 9.17) is 4.74 Å². The number of rotatable bonds is 6. The fourth-order valence-electron chi connectivity index (χ4n) is 5.09. The third-order valence-corrected chi connectivity index (χ3v) is 7.02. The number of aryl methyl sites for hydroxylation is 1. The lowest BCUT2D eigenvalue weighted by atomic mass is 9.90. The Morgan fingerprint density at radius 1 is 1.00 bits per heavy atom. The molecule has 2 N–H and O–H groups in total. The van der Waals surface area contributed by atoms with Crippen molar-refractivity contribution in [1.82, 2.24) is 9.80 Å². The van der Waals surface area contributed by atoms with E-state index in [2.05, 4.69) is 36.1 Å². The molecule has 2 aliphatic rings. The van der Waals surface area contributed by atoms with E-state index in [1.54, 1.807) is 17.0 Å². The normalized spacial score (nSPS) is 23.1. The van der Waals surface area contributed by atoms with Gasteiger partial charge in [-0.05, 0) is 49.6 Å². The molecule has 4 rings (SSSR count). The molecule has 0 spiro atoms. The Bertz CT molecular complexity index is 1030. The number of ether oxygens (including phenoxy) is 1. The number of carbonyl (C=O) groups is 1. The van der Waals surface area contributed by atoms with Gasteiger partial charge in [-0.15, -0.1) is 0 Å². The van der Waals surface area contributed by atoms with Crippen molar-refractivity contribution in [1.29, 1.82) is 0 Å². The van der Waals surface area contributed by atoms with Crippen LogP contribution in [-0.2, 0) is 4.79 Å². The zero-order valence-electron chi connectivity index (χ0n) is 20.6. The average molecular weight is 486 g/mol. The number of carbonyl (C=O) groups excluding carboxylic acids is 1. The Morgan fingerprint density at radius 3 is 2.43 bits per heavy atom. The molecule has 2 aromatic rings. The Kier molecular flexibility index (Phi) is 7.64. The molecule has 0 aliphatic carbocycles. The molecule has 8 heteroatoms. The van der Waals surface area contributed by atoms with E-state index in [0.717, 1.165) is 13.1 Å². The Morgan fingerprint density at radius 2 is 1.74 bits per heavy atom. The van der Waals surface area contributed by atoms with Gasteiger partial charge in [0.15, 0.2) is 0 Å². The van der Waals surface area contributed by atoms with Gasteiger partial charge in [0.05, 0.1) is 12.1 Å². The van der Waals surface area contributed by atoms with Crippen LogP contribution in [0.5, 0.6) is 5.75 Å². The van der Waals surface area contributed by atoms with E-state index in [9.17, 15) is 19.4 Å². The van der Waals surface area contributed by atoms with Gasteiger partial charge in [0.2, 0.25) is 5.91 Å². The van der Waals surface area contributed by atoms with Crippen LogP contribution in [0.25, 0.3) is 0 Å². The van der Waals surface area contributed by atoms with E-state index < -0.39 is 17.0 Å². The third kappa shape index (κ3) is 6.72. The van der Waals surface area contributed by atoms with Gasteiger partial charge in [0.1, 0.15) is 23.8 Å². The highest BCUT2D eigenvalue weighted by Gasteiger charge is 2.40. The van der Waals surface area contributed by atoms with Crippen molar-refractivity contribution in [3.8, 4) is 5.75 Å². The van der Waals surface area contributed by atoms with Gasteiger partial charge in [0, 0.05) is 57.9 Å². The van der Waals surface area contributed by atoms with Crippen molar-refractivity contribution in [2.75, 3.05) is 57.3 Å². The summed E-state index contributed by atoms with van der Waals surface area (Å²) >= 11 is 0. The molecule has 0 bridgehead atoms. The van der Waals surface area contributed by atoms with Crippen molar-refractivity contribution in [2.24, 2.45) is 0 Å². The summed E-state index contributed by atoms with van der Waals surface area (Å²) in [7, 11) is 0. The van der Waals surface area contributed by atoms with Crippen LogP contribution in [0.4, 0.5) is 10.1 Å². The number of anilines is 1. The molecule has 2 aromatic carbocycles. The summed E-state index contributed by atoms with van der Waals surface area (Å²) in [4.78, 5) is 18.1. The topological polar surface area (TPSA) is 76.5 Å². The molecule has 190 valence electrons. The summed E-state index contributed by atoms with van der Waals surface area (Å²) in [5.74, 6) is -0.214. The summed E-state index contributed by atoms with van der Waals surface area (Å²) in [6, 6.07) is 14.2.